The van der Waals surface area contributed by atoms with Crippen LogP contribution in [0.2, 0.25) is 0 Å². The van der Waals surface area contributed by atoms with Gasteiger partial charge >= 0.3 is 0 Å². The van der Waals surface area contributed by atoms with Crippen LogP contribution in [-0.4, -0.2) is 36.4 Å². The van der Waals surface area contributed by atoms with E-state index in [9.17, 15) is 8.42 Å². The van der Waals surface area contributed by atoms with Crippen LogP contribution in [0.4, 0.5) is 0 Å². The molecule has 0 saturated heterocycles. The van der Waals surface area contributed by atoms with Gasteiger partial charge in [-0.15, -0.1) is 0 Å². The van der Waals surface area contributed by atoms with Crippen molar-refractivity contribution < 1.29 is 13.5 Å². The Morgan fingerprint density at radius 1 is 1.53 bits per heavy atom. The first-order chi connectivity index (χ1) is 7.77. The van der Waals surface area contributed by atoms with Gasteiger partial charge in [-0.1, -0.05) is 20.8 Å². The van der Waals surface area contributed by atoms with Crippen molar-refractivity contribution in [3.63, 3.8) is 0 Å². The summed E-state index contributed by atoms with van der Waals surface area (Å²) in [6, 6.07) is 1.06. The molecule has 1 aromatic heterocycles. The van der Waals surface area contributed by atoms with Crippen molar-refractivity contribution in [1.82, 2.24) is 14.9 Å². The first kappa shape index (κ1) is 14.1. The van der Waals surface area contributed by atoms with Crippen molar-refractivity contribution >= 4 is 10.0 Å². The largest absolute Gasteiger partial charge is 0.396 e. The van der Waals surface area contributed by atoms with Crippen LogP contribution >= 0.6 is 0 Å². The molecule has 1 aromatic rings. The van der Waals surface area contributed by atoms with E-state index in [-0.39, 0.29) is 23.1 Å². The molecule has 0 spiro atoms. The van der Waals surface area contributed by atoms with Gasteiger partial charge in [0.05, 0.1) is 6.20 Å². The lowest BCUT2D eigenvalue weighted by molar-refractivity contribution is 0.214. The van der Waals surface area contributed by atoms with E-state index in [2.05, 4.69) is 14.9 Å². The molecule has 6 nitrogen and oxygen atoms in total. The Morgan fingerprint density at radius 2 is 2.18 bits per heavy atom. The molecule has 1 rings (SSSR count). The molecule has 1 heterocycles. The van der Waals surface area contributed by atoms with Crippen LogP contribution in [0.1, 0.15) is 27.2 Å². The number of nitrogens with one attached hydrogen (secondary N) is 2. The minimum Gasteiger partial charge on any atom is -0.396 e. The first-order valence-electron chi connectivity index (χ1n) is 5.40. The van der Waals surface area contributed by atoms with Gasteiger partial charge < -0.3 is 5.11 Å². The number of aliphatic hydroxyl groups excluding tert-OH is 1. The first-order valence-corrected chi connectivity index (χ1v) is 6.88. The predicted molar refractivity (Wildman–Crippen MR) is 63.9 cm³/mol. The van der Waals surface area contributed by atoms with Gasteiger partial charge in [-0.25, -0.2) is 13.1 Å². The highest BCUT2D eigenvalue weighted by molar-refractivity contribution is 7.89. The lowest BCUT2D eigenvalue weighted by atomic mass is 9.86. The van der Waals surface area contributed by atoms with Gasteiger partial charge in [0.25, 0.3) is 10.0 Å². The maximum Gasteiger partial charge on any atom is 0.257 e. The maximum absolute atomic E-state index is 12.0. The topological polar surface area (TPSA) is 95.1 Å². The van der Waals surface area contributed by atoms with Crippen molar-refractivity contribution in [2.75, 3.05) is 6.61 Å². The van der Waals surface area contributed by atoms with Gasteiger partial charge in [-0.05, 0) is 17.9 Å². The van der Waals surface area contributed by atoms with Gasteiger partial charge in [0.1, 0.15) is 0 Å². The van der Waals surface area contributed by atoms with Gasteiger partial charge in [0, 0.05) is 12.6 Å². The van der Waals surface area contributed by atoms with E-state index >= 15 is 0 Å². The van der Waals surface area contributed by atoms with E-state index < -0.39 is 10.0 Å². The number of hydrogen-bond donors (Lipinski definition) is 3. The summed E-state index contributed by atoms with van der Waals surface area (Å²) in [6.07, 6.45) is 1.75. The molecule has 17 heavy (non-hydrogen) atoms. The fraction of sp³-hybridized carbons (Fsp3) is 0.700. The second-order valence-electron chi connectivity index (χ2n) is 4.97. The van der Waals surface area contributed by atoms with Crippen LogP contribution in [0.25, 0.3) is 0 Å². The molecule has 1 atom stereocenters. The molecule has 0 fully saturated rings. The third-order valence-electron chi connectivity index (χ3n) is 2.53. The smallest absolute Gasteiger partial charge is 0.257 e. The molecule has 0 aliphatic rings. The normalized spacial score (nSPS) is 14.8. The molecule has 98 valence electrons. The highest BCUT2D eigenvalue weighted by Crippen LogP contribution is 2.23. The zero-order chi connectivity index (χ0) is 13.1. The average molecular weight is 261 g/mol. The van der Waals surface area contributed by atoms with Crippen LogP contribution in [-0.2, 0) is 10.0 Å². The standard InChI is InChI=1S/C10H19N3O3S/c1-10(2,3)8(5-7-14)13-17(15,16)9-4-6-11-12-9/h4,6,8,13-14H,5,7H2,1-3H3,(H,11,12). The SMILES string of the molecule is CC(C)(C)C(CCO)NS(=O)(=O)c1ccn[nH]1. The summed E-state index contributed by atoms with van der Waals surface area (Å²) in [7, 11) is -3.60. The third-order valence-corrected chi connectivity index (χ3v) is 3.93. The van der Waals surface area contributed by atoms with Crippen molar-refractivity contribution in [1.29, 1.82) is 0 Å². The summed E-state index contributed by atoms with van der Waals surface area (Å²) in [4.78, 5) is 0. The Labute approximate surface area is 101 Å². The Hall–Kier alpha value is -0.920. The number of sulfonamides is 1. The van der Waals surface area contributed by atoms with E-state index in [1.165, 1.54) is 12.3 Å². The van der Waals surface area contributed by atoms with Crippen molar-refractivity contribution in [2.45, 2.75) is 38.3 Å². The summed E-state index contributed by atoms with van der Waals surface area (Å²) in [5.74, 6) is 0. The molecule has 0 saturated carbocycles. The second-order valence-corrected chi connectivity index (χ2v) is 6.66. The fourth-order valence-corrected chi connectivity index (χ4v) is 2.83. The summed E-state index contributed by atoms with van der Waals surface area (Å²) >= 11 is 0. The lowest BCUT2D eigenvalue weighted by Gasteiger charge is -2.30. The predicted octanol–water partition coefficient (Wildman–Crippen LogP) is 0.485. The minimum atomic E-state index is -3.60. The van der Waals surface area contributed by atoms with Gasteiger partial charge in [0.15, 0.2) is 5.03 Å². The Morgan fingerprint density at radius 3 is 2.59 bits per heavy atom. The molecule has 7 heteroatoms. The number of aromatic nitrogens is 2. The third kappa shape index (κ3) is 3.79. The number of rotatable bonds is 5. The van der Waals surface area contributed by atoms with Gasteiger partial charge in [0.2, 0.25) is 0 Å². The summed E-state index contributed by atoms with van der Waals surface area (Å²) in [6.45, 7) is 5.70. The number of aliphatic hydroxyl groups is 1. The molecule has 0 aliphatic carbocycles. The quantitative estimate of drug-likeness (QED) is 0.718. The Balaban J connectivity index is 2.88. The molecule has 0 radical (unpaired) electrons. The zero-order valence-electron chi connectivity index (χ0n) is 10.3. The van der Waals surface area contributed by atoms with Gasteiger partial charge in [-0.2, -0.15) is 5.10 Å². The molecule has 0 aliphatic heterocycles. The molecule has 0 aromatic carbocycles. The monoisotopic (exact) mass is 261 g/mol. The Kier molecular flexibility index (Phi) is 4.29. The summed E-state index contributed by atoms with van der Waals surface area (Å²) in [5, 5.41) is 15.0. The van der Waals surface area contributed by atoms with Crippen LogP contribution in [0.15, 0.2) is 17.3 Å². The van der Waals surface area contributed by atoms with Crippen molar-refractivity contribution in [3.8, 4) is 0 Å². The van der Waals surface area contributed by atoms with E-state index in [0.29, 0.717) is 6.42 Å². The van der Waals surface area contributed by atoms with Crippen molar-refractivity contribution in [3.05, 3.63) is 12.3 Å². The van der Waals surface area contributed by atoms with Crippen LogP contribution in [0.5, 0.6) is 0 Å². The summed E-state index contributed by atoms with van der Waals surface area (Å²) in [5.41, 5.74) is -0.268. The van der Waals surface area contributed by atoms with Crippen molar-refractivity contribution in [2.24, 2.45) is 5.41 Å². The number of H-pyrrole nitrogens is 1. The van der Waals surface area contributed by atoms with E-state index in [1.54, 1.807) is 0 Å². The van der Waals surface area contributed by atoms with Crippen LogP contribution in [0.3, 0.4) is 0 Å². The highest BCUT2D eigenvalue weighted by atomic mass is 32.2. The van der Waals surface area contributed by atoms with E-state index in [4.69, 9.17) is 5.11 Å². The Bertz CT molecular complexity index is 434. The number of nitrogens with zero attached hydrogens (tertiary/aromatic N) is 1. The van der Waals surface area contributed by atoms with Crippen LogP contribution < -0.4 is 4.72 Å². The molecular formula is C10H19N3O3S. The van der Waals surface area contributed by atoms with Crippen LogP contribution in [0, 0.1) is 5.41 Å². The summed E-state index contributed by atoms with van der Waals surface area (Å²) < 4.78 is 26.5. The molecule has 1 unspecified atom stereocenters. The molecule has 0 amide bonds. The minimum absolute atomic E-state index is 0.0321. The molecule has 0 bridgehead atoms. The van der Waals surface area contributed by atoms with E-state index in [1.807, 2.05) is 20.8 Å². The molecule has 3 N–H and O–H groups in total. The highest BCUT2D eigenvalue weighted by Gasteiger charge is 2.29. The number of aromatic amines is 1. The lowest BCUT2D eigenvalue weighted by Crippen LogP contribution is -2.44. The second kappa shape index (κ2) is 5.16. The fourth-order valence-electron chi connectivity index (χ4n) is 1.44. The maximum atomic E-state index is 12.0. The van der Waals surface area contributed by atoms with E-state index in [0.717, 1.165) is 0 Å². The average Bonchev–Trinajstić information content (AvgIpc) is 2.68. The molecular weight excluding hydrogens is 242 g/mol. The van der Waals surface area contributed by atoms with Gasteiger partial charge in [-0.3, -0.25) is 5.10 Å². The zero-order valence-corrected chi connectivity index (χ0v) is 11.1. The number of hydrogen-bond acceptors (Lipinski definition) is 4.